The van der Waals surface area contributed by atoms with Crippen LogP contribution in [-0.4, -0.2) is 19.3 Å². The van der Waals surface area contributed by atoms with Gasteiger partial charge in [0.15, 0.2) is 0 Å². The fraction of sp³-hybridized carbons (Fsp3) is 0.636. The molecule has 14 heavy (non-hydrogen) atoms. The molecule has 0 bridgehead atoms. The van der Waals surface area contributed by atoms with Crippen molar-refractivity contribution in [3.63, 3.8) is 0 Å². The first-order valence-electron chi connectivity index (χ1n) is 5.24. The van der Waals surface area contributed by atoms with Gasteiger partial charge in [-0.25, -0.2) is 0 Å². The molecule has 3 heterocycles. The zero-order valence-electron chi connectivity index (χ0n) is 8.38. The van der Waals surface area contributed by atoms with E-state index in [1.54, 1.807) is 6.26 Å². The molecule has 2 atom stereocenters. The van der Waals surface area contributed by atoms with Gasteiger partial charge in [0.05, 0.1) is 19.0 Å². The zero-order valence-corrected chi connectivity index (χ0v) is 8.38. The molecule has 1 saturated heterocycles. The van der Waals surface area contributed by atoms with E-state index >= 15 is 0 Å². The molecule has 1 aromatic rings. The summed E-state index contributed by atoms with van der Waals surface area (Å²) in [5.74, 6) is 1.10. The molecule has 0 amide bonds. The number of ether oxygens (including phenoxy) is 1. The molecule has 0 radical (unpaired) electrons. The van der Waals surface area contributed by atoms with Crippen LogP contribution >= 0.6 is 0 Å². The summed E-state index contributed by atoms with van der Waals surface area (Å²) in [5, 5.41) is 3.55. The topological polar surface area (TPSA) is 34.4 Å². The van der Waals surface area contributed by atoms with E-state index in [0.29, 0.717) is 6.10 Å². The van der Waals surface area contributed by atoms with Crippen molar-refractivity contribution >= 4 is 0 Å². The van der Waals surface area contributed by atoms with Crippen LogP contribution in [0.15, 0.2) is 16.7 Å². The van der Waals surface area contributed by atoms with Crippen molar-refractivity contribution in [2.75, 3.05) is 13.2 Å². The van der Waals surface area contributed by atoms with Crippen molar-refractivity contribution in [2.24, 2.45) is 0 Å². The third-order valence-corrected chi connectivity index (χ3v) is 3.29. The molecule has 1 fully saturated rings. The highest BCUT2D eigenvalue weighted by atomic mass is 16.5. The van der Waals surface area contributed by atoms with Crippen molar-refractivity contribution in [2.45, 2.75) is 31.4 Å². The highest BCUT2D eigenvalue weighted by Crippen LogP contribution is 2.38. The van der Waals surface area contributed by atoms with E-state index in [2.05, 4.69) is 18.3 Å². The van der Waals surface area contributed by atoms with Gasteiger partial charge in [0.1, 0.15) is 11.3 Å². The third kappa shape index (κ3) is 1.06. The van der Waals surface area contributed by atoms with Gasteiger partial charge in [-0.1, -0.05) is 0 Å². The maximum atomic E-state index is 5.65. The lowest BCUT2D eigenvalue weighted by Crippen LogP contribution is -2.47. The molecule has 1 aromatic heterocycles. The van der Waals surface area contributed by atoms with Gasteiger partial charge in [0, 0.05) is 13.0 Å². The first-order valence-corrected chi connectivity index (χ1v) is 5.24. The lowest BCUT2D eigenvalue weighted by atomic mass is 9.87. The van der Waals surface area contributed by atoms with Crippen molar-refractivity contribution in [3.05, 3.63) is 23.7 Å². The smallest absolute Gasteiger partial charge is 0.129 e. The van der Waals surface area contributed by atoms with Crippen LogP contribution in [0.3, 0.4) is 0 Å². The Morgan fingerprint density at radius 3 is 3.29 bits per heavy atom. The fourth-order valence-electron chi connectivity index (χ4n) is 2.64. The van der Waals surface area contributed by atoms with Gasteiger partial charge < -0.3 is 14.5 Å². The van der Waals surface area contributed by atoms with E-state index in [-0.39, 0.29) is 5.54 Å². The van der Waals surface area contributed by atoms with Gasteiger partial charge in [0.2, 0.25) is 0 Å². The summed E-state index contributed by atoms with van der Waals surface area (Å²) < 4.78 is 11.2. The largest absolute Gasteiger partial charge is 0.467 e. The lowest BCUT2D eigenvalue weighted by Gasteiger charge is -2.31. The lowest BCUT2D eigenvalue weighted by molar-refractivity contribution is 0.107. The highest BCUT2D eigenvalue weighted by molar-refractivity contribution is 5.29. The molecule has 2 aliphatic rings. The van der Waals surface area contributed by atoms with Crippen LogP contribution in [0.25, 0.3) is 0 Å². The van der Waals surface area contributed by atoms with Gasteiger partial charge >= 0.3 is 0 Å². The molecular formula is C11H15NO2. The SMILES string of the molecule is CC1CC2(CO1)NCCc1ccoc12. The molecule has 3 heteroatoms. The van der Waals surface area contributed by atoms with Crippen molar-refractivity contribution < 1.29 is 9.15 Å². The number of fused-ring (bicyclic) bond motifs is 2. The second-order valence-corrected chi connectivity index (χ2v) is 4.36. The summed E-state index contributed by atoms with van der Waals surface area (Å²) >= 11 is 0. The Morgan fingerprint density at radius 1 is 1.57 bits per heavy atom. The van der Waals surface area contributed by atoms with Crippen LogP contribution in [0, 0.1) is 0 Å². The van der Waals surface area contributed by atoms with E-state index in [0.717, 1.165) is 31.8 Å². The molecule has 2 aliphatic heterocycles. The van der Waals surface area contributed by atoms with Crippen LogP contribution in [-0.2, 0) is 16.7 Å². The zero-order chi connectivity index (χ0) is 9.60. The van der Waals surface area contributed by atoms with Crippen molar-refractivity contribution in [3.8, 4) is 0 Å². The van der Waals surface area contributed by atoms with Gasteiger partial charge in [-0.05, 0) is 25.0 Å². The van der Waals surface area contributed by atoms with E-state index in [1.165, 1.54) is 5.56 Å². The Kier molecular flexibility index (Phi) is 1.73. The highest BCUT2D eigenvalue weighted by Gasteiger charge is 2.45. The van der Waals surface area contributed by atoms with E-state index in [1.807, 2.05) is 0 Å². The quantitative estimate of drug-likeness (QED) is 0.677. The van der Waals surface area contributed by atoms with E-state index in [4.69, 9.17) is 9.15 Å². The predicted octanol–water partition coefficient (Wildman–Crippen LogP) is 1.43. The summed E-state index contributed by atoms with van der Waals surface area (Å²) in [7, 11) is 0. The maximum absolute atomic E-state index is 5.65. The first kappa shape index (κ1) is 8.50. The van der Waals surface area contributed by atoms with Gasteiger partial charge in [-0.3, -0.25) is 0 Å². The number of furan rings is 1. The number of hydrogen-bond acceptors (Lipinski definition) is 3. The van der Waals surface area contributed by atoms with Gasteiger partial charge in [0.25, 0.3) is 0 Å². The molecular weight excluding hydrogens is 178 g/mol. The summed E-state index contributed by atoms with van der Waals surface area (Å²) in [5.41, 5.74) is 1.32. The monoisotopic (exact) mass is 193 g/mol. The Hall–Kier alpha value is -0.800. The molecule has 0 aromatic carbocycles. The molecule has 1 spiro atoms. The minimum Gasteiger partial charge on any atom is -0.467 e. The molecule has 3 nitrogen and oxygen atoms in total. The number of nitrogens with one attached hydrogen (secondary N) is 1. The van der Waals surface area contributed by atoms with Gasteiger partial charge in [-0.15, -0.1) is 0 Å². The van der Waals surface area contributed by atoms with Crippen LogP contribution < -0.4 is 5.32 Å². The minimum absolute atomic E-state index is 0.0313. The van der Waals surface area contributed by atoms with E-state index < -0.39 is 0 Å². The standard InChI is InChI=1S/C11H15NO2/c1-8-6-11(7-14-8)10-9(2-4-12-11)3-5-13-10/h3,5,8,12H,2,4,6-7H2,1H3. The Morgan fingerprint density at radius 2 is 2.50 bits per heavy atom. The molecule has 2 unspecified atom stereocenters. The van der Waals surface area contributed by atoms with Crippen molar-refractivity contribution in [1.29, 1.82) is 0 Å². The van der Waals surface area contributed by atoms with Crippen LogP contribution in [0.5, 0.6) is 0 Å². The number of rotatable bonds is 0. The van der Waals surface area contributed by atoms with Crippen LogP contribution in [0.4, 0.5) is 0 Å². The van der Waals surface area contributed by atoms with Crippen molar-refractivity contribution in [1.82, 2.24) is 5.32 Å². The van der Waals surface area contributed by atoms with Crippen LogP contribution in [0.2, 0.25) is 0 Å². The molecule has 0 saturated carbocycles. The third-order valence-electron chi connectivity index (χ3n) is 3.29. The Balaban J connectivity index is 2.03. The van der Waals surface area contributed by atoms with E-state index in [9.17, 15) is 0 Å². The average Bonchev–Trinajstić information content (AvgIpc) is 2.75. The maximum Gasteiger partial charge on any atom is 0.129 e. The second kappa shape index (κ2) is 2.84. The summed E-state index contributed by atoms with van der Waals surface area (Å²) in [6.07, 6.45) is 4.22. The average molecular weight is 193 g/mol. The predicted molar refractivity (Wildman–Crippen MR) is 52.1 cm³/mol. The second-order valence-electron chi connectivity index (χ2n) is 4.36. The molecule has 0 aliphatic carbocycles. The molecule has 76 valence electrons. The number of hydrogen-bond donors (Lipinski definition) is 1. The molecule has 1 N–H and O–H groups in total. The molecule has 3 rings (SSSR count). The summed E-state index contributed by atoms with van der Waals surface area (Å²) in [6, 6.07) is 2.08. The van der Waals surface area contributed by atoms with Gasteiger partial charge in [-0.2, -0.15) is 0 Å². The summed E-state index contributed by atoms with van der Waals surface area (Å²) in [4.78, 5) is 0. The normalized spacial score (nSPS) is 36.2. The minimum atomic E-state index is -0.0313. The Bertz CT molecular complexity index is 347. The summed E-state index contributed by atoms with van der Waals surface area (Å²) in [6.45, 7) is 3.89. The van der Waals surface area contributed by atoms with Crippen LogP contribution in [0.1, 0.15) is 24.7 Å². The first-order chi connectivity index (χ1) is 6.80. The fourth-order valence-corrected chi connectivity index (χ4v) is 2.64. The Labute approximate surface area is 83.4 Å².